The Kier molecular flexibility index (Phi) is 6.69. The molecule has 0 atom stereocenters. The van der Waals surface area contributed by atoms with Crippen LogP contribution in [0.3, 0.4) is 0 Å². The van der Waals surface area contributed by atoms with Gasteiger partial charge in [-0.05, 0) is 12.1 Å². The number of nitrogens with zero attached hydrogens (tertiary/aromatic N) is 2. The van der Waals surface area contributed by atoms with Gasteiger partial charge in [0.2, 0.25) is 5.78 Å². The van der Waals surface area contributed by atoms with Gasteiger partial charge in [0.15, 0.2) is 5.15 Å². The molecule has 1 aromatic carbocycles. The van der Waals surface area contributed by atoms with Crippen molar-refractivity contribution < 1.29 is 4.79 Å². The highest BCUT2D eigenvalue weighted by Crippen LogP contribution is 2.28. The SMILES string of the molecule is CC.O=C(c1cccc(Cl)c1Cl)c1ncc(Cl)nc1Cl. The number of benzene rings is 1. The van der Waals surface area contributed by atoms with E-state index in [0.717, 1.165) is 0 Å². The molecule has 3 nitrogen and oxygen atoms in total. The van der Waals surface area contributed by atoms with Crippen LogP contribution in [0.5, 0.6) is 0 Å². The molecule has 0 spiro atoms. The third-order valence-electron chi connectivity index (χ3n) is 2.11. The topological polar surface area (TPSA) is 42.9 Å². The van der Waals surface area contributed by atoms with Crippen molar-refractivity contribution in [2.45, 2.75) is 13.8 Å². The molecule has 2 rings (SSSR count). The molecule has 1 heterocycles. The smallest absolute Gasteiger partial charge is 0.216 e. The first kappa shape index (κ1) is 17.2. The van der Waals surface area contributed by atoms with E-state index < -0.39 is 5.78 Å². The van der Waals surface area contributed by atoms with Crippen molar-refractivity contribution >= 4 is 52.2 Å². The molecule has 0 radical (unpaired) electrons. The molecule has 20 heavy (non-hydrogen) atoms. The number of carbonyl (C=O) groups is 1. The fraction of sp³-hybridized carbons (Fsp3) is 0.154. The Morgan fingerprint density at radius 2 is 1.75 bits per heavy atom. The van der Waals surface area contributed by atoms with Crippen LogP contribution in [0.2, 0.25) is 20.4 Å². The minimum Gasteiger partial charge on any atom is -0.287 e. The number of hydrogen-bond acceptors (Lipinski definition) is 3. The number of carbonyl (C=O) groups excluding carboxylic acids is 1. The second-order valence-electron chi connectivity index (χ2n) is 3.26. The maximum absolute atomic E-state index is 12.2. The van der Waals surface area contributed by atoms with Crippen LogP contribution in [0, 0.1) is 0 Å². The number of ketones is 1. The van der Waals surface area contributed by atoms with Crippen LogP contribution in [0.1, 0.15) is 29.9 Å². The van der Waals surface area contributed by atoms with E-state index in [0.29, 0.717) is 0 Å². The lowest BCUT2D eigenvalue weighted by molar-refractivity contribution is 0.103. The van der Waals surface area contributed by atoms with Crippen LogP contribution < -0.4 is 0 Å². The normalized spacial score (nSPS) is 9.70. The molecule has 0 N–H and O–H groups in total. The molecular formula is C13H10Cl4N2O. The maximum atomic E-state index is 12.2. The van der Waals surface area contributed by atoms with Gasteiger partial charge in [0.25, 0.3) is 0 Å². The van der Waals surface area contributed by atoms with Crippen molar-refractivity contribution in [2.75, 3.05) is 0 Å². The van der Waals surface area contributed by atoms with Crippen LogP contribution in [0.25, 0.3) is 0 Å². The Morgan fingerprint density at radius 1 is 1.10 bits per heavy atom. The second kappa shape index (κ2) is 7.79. The maximum Gasteiger partial charge on any atom is 0.216 e. The van der Waals surface area contributed by atoms with E-state index in [1.54, 1.807) is 12.1 Å². The van der Waals surface area contributed by atoms with Crippen molar-refractivity contribution in [1.29, 1.82) is 0 Å². The van der Waals surface area contributed by atoms with E-state index >= 15 is 0 Å². The van der Waals surface area contributed by atoms with Gasteiger partial charge in [0.05, 0.1) is 16.2 Å². The van der Waals surface area contributed by atoms with E-state index in [2.05, 4.69) is 9.97 Å². The molecule has 0 saturated carbocycles. The fourth-order valence-electron chi connectivity index (χ4n) is 1.31. The predicted octanol–water partition coefficient (Wildman–Crippen LogP) is 5.35. The highest BCUT2D eigenvalue weighted by atomic mass is 35.5. The summed E-state index contributed by atoms with van der Waals surface area (Å²) in [6, 6.07) is 4.72. The minimum atomic E-state index is -0.461. The summed E-state index contributed by atoms with van der Waals surface area (Å²) in [4.78, 5) is 19.8. The van der Waals surface area contributed by atoms with Crippen LogP contribution in [0.15, 0.2) is 24.4 Å². The number of aromatic nitrogens is 2. The van der Waals surface area contributed by atoms with E-state index in [4.69, 9.17) is 46.4 Å². The Bertz CT molecular complexity index is 632. The van der Waals surface area contributed by atoms with Crippen LogP contribution >= 0.6 is 46.4 Å². The summed E-state index contributed by atoms with van der Waals surface area (Å²) >= 11 is 23.2. The van der Waals surface area contributed by atoms with Crippen LogP contribution in [0.4, 0.5) is 0 Å². The van der Waals surface area contributed by atoms with Crippen molar-refractivity contribution in [1.82, 2.24) is 9.97 Å². The number of hydrogen-bond donors (Lipinski definition) is 0. The zero-order valence-electron chi connectivity index (χ0n) is 10.6. The van der Waals surface area contributed by atoms with Gasteiger partial charge in [0.1, 0.15) is 10.8 Å². The molecule has 1 aromatic heterocycles. The molecule has 0 bridgehead atoms. The highest BCUT2D eigenvalue weighted by molar-refractivity contribution is 6.44. The molecule has 0 aliphatic rings. The molecule has 0 aliphatic heterocycles. The van der Waals surface area contributed by atoms with E-state index in [1.165, 1.54) is 12.3 Å². The van der Waals surface area contributed by atoms with Gasteiger partial charge in [-0.1, -0.05) is 66.3 Å². The molecule has 0 amide bonds. The van der Waals surface area contributed by atoms with Gasteiger partial charge in [-0.15, -0.1) is 0 Å². The van der Waals surface area contributed by atoms with Gasteiger partial charge in [0, 0.05) is 5.56 Å². The molecule has 106 valence electrons. The lowest BCUT2D eigenvalue weighted by Gasteiger charge is -2.05. The monoisotopic (exact) mass is 350 g/mol. The van der Waals surface area contributed by atoms with Crippen molar-refractivity contribution in [3.05, 3.63) is 56.0 Å². The van der Waals surface area contributed by atoms with Gasteiger partial charge in [-0.2, -0.15) is 0 Å². The lowest BCUT2D eigenvalue weighted by atomic mass is 10.1. The van der Waals surface area contributed by atoms with Gasteiger partial charge >= 0.3 is 0 Å². The Hall–Kier alpha value is -0.870. The van der Waals surface area contributed by atoms with Crippen molar-refractivity contribution in [2.24, 2.45) is 0 Å². The van der Waals surface area contributed by atoms with E-state index in [-0.39, 0.29) is 31.6 Å². The van der Waals surface area contributed by atoms with E-state index in [1.807, 2.05) is 13.8 Å². The first-order valence-corrected chi connectivity index (χ1v) is 7.18. The van der Waals surface area contributed by atoms with Gasteiger partial charge in [-0.25, -0.2) is 9.97 Å². The minimum absolute atomic E-state index is 0.0229. The number of halogens is 4. The number of rotatable bonds is 2. The van der Waals surface area contributed by atoms with Crippen LogP contribution in [-0.2, 0) is 0 Å². The average Bonchev–Trinajstić information content (AvgIpc) is 2.43. The Morgan fingerprint density at radius 3 is 2.35 bits per heavy atom. The summed E-state index contributed by atoms with van der Waals surface area (Å²) in [6.45, 7) is 4.00. The van der Waals surface area contributed by atoms with Crippen LogP contribution in [-0.4, -0.2) is 15.8 Å². The zero-order valence-corrected chi connectivity index (χ0v) is 13.6. The molecular weight excluding hydrogens is 342 g/mol. The first-order valence-electron chi connectivity index (χ1n) is 5.67. The Balaban J connectivity index is 0.000000956. The van der Waals surface area contributed by atoms with Crippen molar-refractivity contribution in [3.8, 4) is 0 Å². The van der Waals surface area contributed by atoms with Crippen molar-refractivity contribution in [3.63, 3.8) is 0 Å². The molecule has 2 aromatic rings. The highest BCUT2D eigenvalue weighted by Gasteiger charge is 2.19. The molecule has 0 fully saturated rings. The molecule has 0 unspecified atom stereocenters. The Labute approximate surface area is 136 Å². The first-order chi connectivity index (χ1) is 9.50. The molecule has 0 saturated heterocycles. The summed E-state index contributed by atoms with van der Waals surface area (Å²) in [5.74, 6) is -0.461. The second-order valence-corrected chi connectivity index (χ2v) is 4.79. The fourth-order valence-corrected chi connectivity index (χ4v) is 2.09. The largest absolute Gasteiger partial charge is 0.287 e. The molecule has 7 heteroatoms. The van der Waals surface area contributed by atoms with Gasteiger partial charge < -0.3 is 0 Å². The zero-order chi connectivity index (χ0) is 15.3. The summed E-state index contributed by atoms with van der Waals surface area (Å²) in [7, 11) is 0. The quantitative estimate of drug-likeness (QED) is 0.685. The van der Waals surface area contributed by atoms with E-state index in [9.17, 15) is 4.79 Å². The third kappa shape index (κ3) is 3.83. The summed E-state index contributed by atoms with van der Waals surface area (Å²) < 4.78 is 0. The molecule has 0 aliphatic carbocycles. The third-order valence-corrected chi connectivity index (χ3v) is 3.38. The summed E-state index contributed by atoms with van der Waals surface area (Å²) in [5.41, 5.74) is 0.188. The lowest BCUT2D eigenvalue weighted by Crippen LogP contribution is -2.07. The average molecular weight is 352 g/mol. The standard InChI is InChI=1S/C11H4Cl4N2O.C2H6/c12-6-3-1-2-5(8(6)14)10(18)9-11(15)17-7(13)4-16-9;1-2/h1-4H;1-2H3. The van der Waals surface area contributed by atoms with Gasteiger partial charge in [-0.3, -0.25) is 4.79 Å². The summed E-state index contributed by atoms with van der Waals surface area (Å²) in [5, 5.41) is 0.454. The predicted molar refractivity (Wildman–Crippen MR) is 83.3 cm³/mol. The summed E-state index contributed by atoms with van der Waals surface area (Å²) in [6.07, 6.45) is 1.24.